The maximum absolute atomic E-state index is 13.0. The van der Waals surface area contributed by atoms with Crippen molar-refractivity contribution in [3.05, 3.63) is 47.3 Å². The lowest BCUT2D eigenvalue weighted by Crippen LogP contribution is -2.40. The highest BCUT2D eigenvalue weighted by Gasteiger charge is 2.25. The van der Waals surface area contributed by atoms with Crippen LogP contribution in [0.15, 0.2) is 29.3 Å². The molecule has 7 heteroatoms. The van der Waals surface area contributed by atoms with Crippen LogP contribution in [0.25, 0.3) is 0 Å². The first-order valence-corrected chi connectivity index (χ1v) is 8.61. The number of aromatic nitrogens is 3. The van der Waals surface area contributed by atoms with Gasteiger partial charge in [0.05, 0.1) is 6.54 Å². The highest BCUT2D eigenvalue weighted by atomic mass is 19.1. The van der Waals surface area contributed by atoms with Gasteiger partial charge in [-0.2, -0.15) is 0 Å². The van der Waals surface area contributed by atoms with Gasteiger partial charge >= 0.3 is 0 Å². The Morgan fingerprint density at radius 2 is 2.08 bits per heavy atom. The Hall–Kier alpha value is -2.44. The molecule has 1 aliphatic heterocycles. The minimum atomic E-state index is -0.180. The zero-order valence-corrected chi connectivity index (χ0v) is 15.0. The van der Waals surface area contributed by atoms with E-state index in [1.54, 1.807) is 7.05 Å². The molecule has 2 aromatic rings. The van der Waals surface area contributed by atoms with Crippen molar-refractivity contribution >= 4 is 5.96 Å². The number of benzene rings is 1. The summed E-state index contributed by atoms with van der Waals surface area (Å²) in [6, 6.07) is 6.82. The summed E-state index contributed by atoms with van der Waals surface area (Å²) in [5, 5.41) is 11.6. The van der Waals surface area contributed by atoms with E-state index in [4.69, 9.17) is 0 Å². The maximum atomic E-state index is 13.0. The van der Waals surface area contributed by atoms with Crippen LogP contribution in [0.4, 0.5) is 4.39 Å². The van der Waals surface area contributed by atoms with Crippen molar-refractivity contribution in [3.63, 3.8) is 0 Å². The predicted molar refractivity (Wildman–Crippen MR) is 95.7 cm³/mol. The van der Waals surface area contributed by atoms with Gasteiger partial charge in [-0.1, -0.05) is 12.1 Å². The number of likely N-dealkylation sites (tertiary alicyclic amines) is 1. The van der Waals surface area contributed by atoms with E-state index >= 15 is 0 Å². The molecule has 1 N–H and O–H groups in total. The molecule has 25 heavy (non-hydrogen) atoms. The van der Waals surface area contributed by atoms with Crippen molar-refractivity contribution in [2.45, 2.75) is 26.3 Å². The van der Waals surface area contributed by atoms with Crippen molar-refractivity contribution in [2.24, 2.45) is 18.0 Å². The quantitative estimate of drug-likeness (QED) is 0.680. The molecule has 1 aromatic heterocycles. The number of hydrogen-bond acceptors (Lipinski definition) is 3. The number of rotatable bonds is 4. The molecule has 1 saturated heterocycles. The number of aryl methyl sites for hydroxylation is 1. The van der Waals surface area contributed by atoms with Crippen LogP contribution in [-0.2, 0) is 20.0 Å². The van der Waals surface area contributed by atoms with Crippen LogP contribution >= 0.6 is 0 Å². The molecular weight excluding hydrogens is 319 g/mol. The van der Waals surface area contributed by atoms with E-state index in [1.807, 2.05) is 30.7 Å². The van der Waals surface area contributed by atoms with E-state index in [0.717, 1.165) is 43.5 Å². The molecule has 2 heterocycles. The molecule has 0 radical (unpaired) electrons. The predicted octanol–water partition coefficient (Wildman–Crippen LogP) is 1.90. The molecule has 1 atom stereocenters. The zero-order chi connectivity index (χ0) is 17.8. The molecule has 3 rings (SSSR count). The summed E-state index contributed by atoms with van der Waals surface area (Å²) in [5.74, 6) is 3.05. The summed E-state index contributed by atoms with van der Waals surface area (Å²) in [6.45, 7) is 4.47. The van der Waals surface area contributed by atoms with Gasteiger partial charge in [0.2, 0.25) is 0 Å². The molecule has 1 aromatic carbocycles. The Labute approximate surface area is 147 Å². The van der Waals surface area contributed by atoms with Gasteiger partial charge in [0.25, 0.3) is 0 Å². The number of halogens is 1. The molecule has 6 nitrogen and oxygen atoms in total. The topological polar surface area (TPSA) is 58.3 Å². The number of hydrogen-bond donors (Lipinski definition) is 1. The van der Waals surface area contributed by atoms with E-state index in [0.29, 0.717) is 12.5 Å². The van der Waals surface area contributed by atoms with E-state index < -0.39 is 0 Å². The van der Waals surface area contributed by atoms with Crippen LogP contribution in [0, 0.1) is 18.7 Å². The minimum absolute atomic E-state index is 0.180. The molecule has 0 spiro atoms. The second-order valence-corrected chi connectivity index (χ2v) is 6.55. The van der Waals surface area contributed by atoms with Crippen LogP contribution in [0.2, 0.25) is 0 Å². The molecule has 0 saturated carbocycles. The first-order valence-electron chi connectivity index (χ1n) is 8.61. The van der Waals surface area contributed by atoms with Crippen LogP contribution < -0.4 is 5.32 Å². The fourth-order valence-corrected chi connectivity index (χ4v) is 3.24. The summed E-state index contributed by atoms with van der Waals surface area (Å²) < 4.78 is 15.0. The summed E-state index contributed by atoms with van der Waals surface area (Å²) in [7, 11) is 3.77. The second-order valence-electron chi connectivity index (χ2n) is 6.55. The SMILES string of the molecule is CN=C(NCc1nnc(C)n1C)N1CCC(Cc2ccc(F)cc2)C1. The fourth-order valence-electron chi connectivity index (χ4n) is 3.24. The van der Waals surface area contributed by atoms with Gasteiger partial charge in [0.1, 0.15) is 11.6 Å². The Bertz CT molecular complexity index is 737. The Morgan fingerprint density at radius 1 is 1.32 bits per heavy atom. The lowest BCUT2D eigenvalue weighted by molar-refractivity contribution is 0.458. The lowest BCUT2D eigenvalue weighted by atomic mass is 9.99. The third-order valence-electron chi connectivity index (χ3n) is 4.82. The van der Waals surface area contributed by atoms with Gasteiger partial charge in [-0.25, -0.2) is 4.39 Å². The molecule has 1 aliphatic rings. The Balaban J connectivity index is 1.54. The highest BCUT2D eigenvalue weighted by molar-refractivity contribution is 5.80. The third kappa shape index (κ3) is 4.15. The largest absolute Gasteiger partial charge is 0.349 e. The fraction of sp³-hybridized carbons (Fsp3) is 0.500. The van der Waals surface area contributed by atoms with E-state index in [9.17, 15) is 4.39 Å². The number of nitrogens with zero attached hydrogens (tertiary/aromatic N) is 5. The van der Waals surface area contributed by atoms with Crippen LogP contribution in [-0.4, -0.2) is 45.8 Å². The second kappa shape index (κ2) is 7.63. The van der Waals surface area contributed by atoms with Gasteiger partial charge in [-0.3, -0.25) is 4.99 Å². The monoisotopic (exact) mass is 344 g/mol. The van der Waals surface area contributed by atoms with Crippen molar-refractivity contribution in [2.75, 3.05) is 20.1 Å². The highest BCUT2D eigenvalue weighted by Crippen LogP contribution is 2.21. The van der Waals surface area contributed by atoms with E-state index in [2.05, 4.69) is 25.4 Å². The molecule has 0 amide bonds. The number of nitrogens with one attached hydrogen (secondary N) is 1. The number of aliphatic imine (C=N–C) groups is 1. The minimum Gasteiger partial charge on any atom is -0.349 e. The molecular formula is C18H25FN6. The van der Waals surface area contributed by atoms with Crippen molar-refractivity contribution < 1.29 is 4.39 Å². The van der Waals surface area contributed by atoms with E-state index in [-0.39, 0.29) is 5.82 Å². The standard InChI is InChI=1S/C18H25FN6/c1-13-22-23-17(24(13)3)11-21-18(20-2)25-9-8-15(12-25)10-14-4-6-16(19)7-5-14/h4-7,15H,8-12H2,1-3H3,(H,20,21). The van der Waals surface area contributed by atoms with Gasteiger partial charge < -0.3 is 14.8 Å². The Morgan fingerprint density at radius 3 is 2.72 bits per heavy atom. The molecule has 1 unspecified atom stereocenters. The zero-order valence-electron chi connectivity index (χ0n) is 15.0. The van der Waals surface area contributed by atoms with Crippen molar-refractivity contribution in [1.82, 2.24) is 25.0 Å². The maximum Gasteiger partial charge on any atom is 0.194 e. The summed E-state index contributed by atoms with van der Waals surface area (Å²) in [6.07, 6.45) is 2.08. The smallest absolute Gasteiger partial charge is 0.194 e. The summed E-state index contributed by atoms with van der Waals surface area (Å²) >= 11 is 0. The first kappa shape index (κ1) is 17.4. The summed E-state index contributed by atoms with van der Waals surface area (Å²) in [4.78, 5) is 6.67. The van der Waals surface area contributed by atoms with Gasteiger partial charge in [0.15, 0.2) is 11.8 Å². The molecule has 0 bridgehead atoms. The van der Waals surface area contributed by atoms with Gasteiger partial charge in [-0.15, -0.1) is 10.2 Å². The lowest BCUT2D eigenvalue weighted by Gasteiger charge is -2.21. The normalized spacial score (nSPS) is 18.0. The van der Waals surface area contributed by atoms with Crippen LogP contribution in [0.3, 0.4) is 0 Å². The average Bonchev–Trinajstić information content (AvgIpc) is 3.19. The molecule has 1 fully saturated rings. The van der Waals surface area contributed by atoms with Crippen LogP contribution in [0.1, 0.15) is 23.6 Å². The first-order chi connectivity index (χ1) is 12.1. The summed E-state index contributed by atoms with van der Waals surface area (Å²) in [5.41, 5.74) is 1.19. The van der Waals surface area contributed by atoms with E-state index in [1.165, 1.54) is 17.7 Å². The number of guanidine groups is 1. The van der Waals surface area contributed by atoms with Crippen molar-refractivity contribution in [1.29, 1.82) is 0 Å². The molecule has 0 aliphatic carbocycles. The van der Waals surface area contributed by atoms with Crippen LogP contribution in [0.5, 0.6) is 0 Å². The van der Waals surface area contributed by atoms with Gasteiger partial charge in [0, 0.05) is 27.2 Å². The average molecular weight is 344 g/mol. The van der Waals surface area contributed by atoms with Gasteiger partial charge in [-0.05, 0) is 43.4 Å². The third-order valence-corrected chi connectivity index (χ3v) is 4.82. The molecule has 134 valence electrons. The van der Waals surface area contributed by atoms with Crippen molar-refractivity contribution in [3.8, 4) is 0 Å². The Kier molecular flexibility index (Phi) is 5.31.